The summed E-state index contributed by atoms with van der Waals surface area (Å²) in [5.41, 5.74) is 1.22. The second-order valence-corrected chi connectivity index (χ2v) is 4.87. The molecule has 132 valence electrons. The minimum atomic E-state index is 0. The van der Waals surface area contributed by atoms with Gasteiger partial charge in [-0.05, 0) is 25.3 Å². The molecule has 1 aromatic rings. The van der Waals surface area contributed by atoms with Gasteiger partial charge in [-0.2, -0.15) is 0 Å². The van der Waals surface area contributed by atoms with Crippen LogP contribution in [0.3, 0.4) is 0 Å². The first-order chi connectivity index (χ1) is 10.9. The number of benzene rings is 1. The van der Waals surface area contributed by atoms with Crippen LogP contribution in [0.1, 0.15) is 25.3 Å². The molecule has 0 aliphatic heterocycles. The summed E-state index contributed by atoms with van der Waals surface area (Å²) in [6.45, 7) is 6.58. The molecular formula is C17H30IN3O2. The number of nitrogens with zero attached hydrogens (tertiary/aromatic N) is 1. The largest absolute Gasteiger partial charge is 0.380 e. The van der Waals surface area contributed by atoms with Gasteiger partial charge in [-0.15, -0.1) is 24.0 Å². The van der Waals surface area contributed by atoms with Crippen LogP contribution in [0, 0.1) is 0 Å². The van der Waals surface area contributed by atoms with Crippen molar-refractivity contribution in [2.24, 2.45) is 4.99 Å². The molecule has 1 rings (SSSR count). The highest BCUT2D eigenvalue weighted by Crippen LogP contribution is 2.01. The van der Waals surface area contributed by atoms with Crippen molar-refractivity contribution < 1.29 is 9.47 Å². The Morgan fingerprint density at radius 2 is 1.74 bits per heavy atom. The third-order valence-electron chi connectivity index (χ3n) is 3.09. The van der Waals surface area contributed by atoms with Gasteiger partial charge in [0.15, 0.2) is 5.96 Å². The molecule has 0 radical (unpaired) electrons. The van der Waals surface area contributed by atoms with E-state index in [9.17, 15) is 0 Å². The number of hydrogen-bond acceptors (Lipinski definition) is 3. The lowest BCUT2D eigenvalue weighted by Gasteiger charge is -2.11. The normalized spacial score (nSPS) is 11.0. The van der Waals surface area contributed by atoms with Gasteiger partial charge >= 0.3 is 0 Å². The predicted molar refractivity (Wildman–Crippen MR) is 107 cm³/mol. The van der Waals surface area contributed by atoms with Gasteiger partial charge in [-0.3, -0.25) is 4.99 Å². The molecule has 0 amide bonds. The number of guanidine groups is 1. The highest BCUT2D eigenvalue weighted by atomic mass is 127. The van der Waals surface area contributed by atoms with Crippen LogP contribution in [-0.4, -0.2) is 45.9 Å². The van der Waals surface area contributed by atoms with E-state index in [1.165, 1.54) is 5.56 Å². The van der Waals surface area contributed by atoms with Gasteiger partial charge in [0.25, 0.3) is 0 Å². The first kappa shape index (κ1) is 22.1. The Bertz CT molecular complexity index is 402. The molecule has 0 saturated heterocycles. The molecule has 0 unspecified atom stereocenters. The number of nitrogens with one attached hydrogen (secondary N) is 2. The van der Waals surface area contributed by atoms with Crippen LogP contribution in [0.4, 0.5) is 0 Å². The zero-order valence-electron chi connectivity index (χ0n) is 14.2. The second-order valence-electron chi connectivity index (χ2n) is 4.87. The van der Waals surface area contributed by atoms with E-state index in [1.54, 1.807) is 7.05 Å². The average Bonchev–Trinajstić information content (AvgIpc) is 2.56. The van der Waals surface area contributed by atoms with Crippen molar-refractivity contribution in [2.75, 3.05) is 40.0 Å². The Balaban J connectivity index is 0.00000484. The van der Waals surface area contributed by atoms with Gasteiger partial charge in [0, 0.05) is 33.4 Å². The molecule has 23 heavy (non-hydrogen) atoms. The molecule has 0 bridgehead atoms. The Morgan fingerprint density at radius 1 is 1.00 bits per heavy atom. The molecule has 0 fully saturated rings. The molecule has 2 N–H and O–H groups in total. The van der Waals surface area contributed by atoms with Crippen LogP contribution in [0.15, 0.2) is 35.3 Å². The maximum atomic E-state index is 5.65. The minimum Gasteiger partial charge on any atom is -0.380 e. The lowest BCUT2D eigenvalue weighted by Crippen LogP contribution is -2.39. The quantitative estimate of drug-likeness (QED) is 0.243. The monoisotopic (exact) mass is 435 g/mol. The Labute approximate surface area is 157 Å². The maximum Gasteiger partial charge on any atom is 0.191 e. The van der Waals surface area contributed by atoms with Gasteiger partial charge in [0.1, 0.15) is 0 Å². The molecule has 0 atom stereocenters. The number of ether oxygens (including phenoxy) is 2. The lowest BCUT2D eigenvalue weighted by molar-refractivity contribution is 0.117. The summed E-state index contributed by atoms with van der Waals surface area (Å²) in [6, 6.07) is 10.3. The van der Waals surface area contributed by atoms with Crippen LogP contribution in [0.25, 0.3) is 0 Å². The Morgan fingerprint density at radius 3 is 2.43 bits per heavy atom. The number of unbranched alkanes of at least 4 members (excludes halogenated alkanes) is 1. The van der Waals surface area contributed by atoms with E-state index in [1.807, 2.05) is 25.1 Å². The molecule has 0 aliphatic rings. The van der Waals surface area contributed by atoms with E-state index in [0.29, 0.717) is 13.2 Å². The summed E-state index contributed by atoms with van der Waals surface area (Å²) < 4.78 is 10.9. The van der Waals surface area contributed by atoms with Crippen molar-refractivity contribution in [3.05, 3.63) is 35.9 Å². The van der Waals surface area contributed by atoms with Crippen LogP contribution in [-0.2, 0) is 16.1 Å². The smallest absolute Gasteiger partial charge is 0.191 e. The summed E-state index contributed by atoms with van der Waals surface area (Å²) in [5.74, 6) is 0.824. The van der Waals surface area contributed by atoms with Crippen LogP contribution in [0.5, 0.6) is 0 Å². The molecule has 6 heteroatoms. The molecule has 0 spiro atoms. The van der Waals surface area contributed by atoms with Crippen LogP contribution < -0.4 is 10.6 Å². The fourth-order valence-electron chi connectivity index (χ4n) is 1.91. The van der Waals surface area contributed by atoms with E-state index in [0.717, 1.165) is 45.1 Å². The van der Waals surface area contributed by atoms with Crippen molar-refractivity contribution in [3.8, 4) is 0 Å². The summed E-state index contributed by atoms with van der Waals surface area (Å²) >= 11 is 0. The van der Waals surface area contributed by atoms with Gasteiger partial charge in [-0.25, -0.2) is 0 Å². The van der Waals surface area contributed by atoms with Crippen LogP contribution in [0.2, 0.25) is 0 Å². The van der Waals surface area contributed by atoms with E-state index in [4.69, 9.17) is 9.47 Å². The SMILES string of the molecule is CCOCCNC(=NC)NCCCCOCc1ccccc1.I. The summed E-state index contributed by atoms with van der Waals surface area (Å²) in [6.07, 6.45) is 2.09. The molecule has 0 aliphatic carbocycles. The average molecular weight is 435 g/mol. The van der Waals surface area contributed by atoms with Crippen molar-refractivity contribution >= 4 is 29.9 Å². The minimum absolute atomic E-state index is 0. The van der Waals surface area contributed by atoms with E-state index in [2.05, 4.69) is 27.8 Å². The van der Waals surface area contributed by atoms with Gasteiger partial charge in [0.2, 0.25) is 0 Å². The van der Waals surface area contributed by atoms with Crippen molar-refractivity contribution in [1.29, 1.82) is 0 Å². The van der Waals surface area contributed by atoms with Crippen molar-refractivity contribution in [3.63, 3.8) is 0 Å². The number of hydrogen-bond donors (Lipinski definition) is 2. The van der Waals surface area contributed by atoms with E-state index in [-0.39, 0.29) is 24.0 Å². The maximum absolute atomic E-state index is 5.65. The third kappa shape index (κ3) is 12.3. The third-order valence-corrected chi connectivity index (χ3v) is 3.09. The van der Waals surface area contributed by atoms with Gasteiger partial charge < -0.3 is 20.1 Å². The number of aliphatic imine (C=N–C) groups is 1. The van der Waals surface area contributed by atoms with E-state index < -0.39 is 0 Å². The first-order valence-corrected chi connectivity index (χ1v) is 8.00. The van der Waals surface area contributed by atoms with Gasteiger partial charge in [0.05, 0.1) is 13.2 Å². The Hall–Kier alpha value is -0.860. The fraction of sp³-hybridized carbons (Fsp3) is 0.588. The first-order valence-electron chi connectivity index (χ1n) is 8.00. The number of halogens is 1. The molecule has 0 aromatic heterocycles. The molecule has 0 saturated carbocycles. The molecule has 1 aromatic carbocycles. The van der Waals surface area contributed by atoms with E-state index >= 15 is 0 Å². The van der Waals surface area contributed by atoms with Gasteiger partial charge in [-0.1, -0.05) is 30.3 Å². The summed E-state index contributed by atoms with van der Waals surface area (Å²) in [7, 11) is 1.78. The zero-order chi connectivity index (χ0) is 15.9. The standard InChI is InChI=1S/C17H29N3O2.HI/c1-3-21-14-12-20-17(18-2)19-11-7-8-13-22-15-16-9-5-4-6-10-16;/h4-6,9-10H,3,7-8,11-15H2,1-2H3,(H2,18,19,20);1H. The molecule has 0 heterocycles. The fourth-order valence-corrected chi connectivity index (χ4v) is 1.91. The molecule has 5 nitrogen and oxygen atoms in total. The van der Waals surface area contributed by atoms with Crippen molar-refractivity contribution in [2.45, 2.75) is 26.4 Å². The predicted octanol–water partition coefficient (Wildman–Crippen LogP) is 2.80. The Kier molecular flexibility index (Phi) is 15.4. The van der Waals surface area contributed by atoms with Crippen molar-refractivity contribution in [1.82, 2.24) is 10.6 Å². The lowest BCUT2D eigenvalue weighted by atomic mass is 10.2. The molecular weight excluding hydrogens is 405 g/mol. The number of rotatable bonds is 11. The highest BCUT2D eigenvalue weighted by Gasteiger charge is 1.97. The van der Waals surface area contributed by atoms with Crippen LogP contribution >= 0.6 is 24.0 Å². The summed E-state index contributed by atoms with van der Waals surface area (Å²) in [4.78, 5) is 4.17. The summed E-state index contributed by atoms with van der Waals surface area (Å²) in [5, 5.41) is 6.49. The zero-order valence-corrected chi connectivity index (χ0v) is 16.5. The second kappa shape index (κ2) is 16.0. The topological polar surface area (TPSA) is 54.9 Å². The highest BCUT2D eigenvalue weighted by molar-refractivity contribution is 14.0.